The van der Waals surface area contributed by atoms with E-state index >= 15 is 0 Å². The highest BCUT2D eigenvalue weighted by atomic mass is 16.7. The molecule has 2 aliphatic heterocycles. The van der Waals surface area contributed by atoms with Crippen LogP contribution in [0.25, 0.3) is 0 Å². The van der Waals surface area contributed by atoms with Crippen molar-refractivity contribution in [3.05, 3.63) is 23.8 Å². The Morgan fingerprint density at radius 1 is 1.26 bits per heavy atom. The quantitative estimate of drug-likeness (QED) is 0.905. The van der Waals surface area contributed by atoms with E-state index in [-0.39, 0.29) is 0 Å². The lowest BCUT2D eigenvalue weighted by Gasteiger charge is -2.37. The fraction of sp³-hybridized carbons (Fsp3) is 0.600. The second-order valence-electron chi connectivity index (χ2n) is 5.65. The molecule has 4 heteroatoms. The van der Waals surface area contributed by atoms with E-state index in [0.717, 1.165) is 31.1 Å². The molecule has 1 aromatic carbocycles. The van der Waals surface area contributed by atoms with Crippen LogP contribution in [-0.2, 0) is 6.54 Å². The molecule has 104 valence electrons. The highest BCUT2D eigenvalue weighted by Crippen LogP contribution is 2.33. The molecule has 2 aliphatic rings. The molecule has 0 aromatic heterocycles. The summed E-state index contributed by atoms with van der Waals surface area (Å²) in [4.78, 5) is 2.53. The Morgan fingerprint density at radius 2 is 2.11 bits per heavy atom. The van der Waals surface area contributed by atoms with Gasteiger partial charge in [0.25, 0.3) is 0 Å². The first-order valence-corrected chi connectivity index (χ1v) is 7.09. The Balaban J connectivity index is 1.69. The molecule has 2 N–H and O–H groups in total. The van der Waals surface area contributed by atoms with Crippen molar-refractivity contribution in [2.45, 2.75) is 32.4 Å². The number of rotatable bonds is 3. The standard InChI is InChI=1S/C15H22N2O2/c1-11-2-3-13(7-16)9-17(11)8-12-4-5-14-15(6-12)19-10-18-14/h4-6,11,13H,2-3,7-10,16H2,1H3. The minimum Gasteiger partial charge on any atom is -0.454 e. The van der Waals surface area contributed by atoms with Gasteiger partial charge in [0.2, 0.25) is 6.79 Å². The van der Waals surface area contributed by atoms with Gasteiger partial charge in [0.05, 0.1) is 0 Å². The molecule has 0 radical (unpaired) electrons. The second kappa shape index (κ2) is 5.39. The van der Waals surface area contributed by atoms with Gasteiger partial charge in [-0.15, -0.1) is 0 Å². The minimum atomic E-state index is 0.341. The van der Waals surface area contributed by atoms with Gasteiger partial charge in [0.15, 0.2) is 11.5 Å². The minimum absolute atomic E-state index is 0.341. The summed E-state index contributed by atoms with van der Waals surface area (Å²) in [6, 6.07) is 6.87. The SMILES string of the molecule is CC1CCC(CN)CN1Cc1ccc2c(c1)OCO2. The highest BCUT2D eigenvalue weighted by Gasteiger charge is 2.25. The number of fused-ring (bicyclic) bond motifs is 1. The van der Waals surface area contributed by atoms with Crippen LogP contribution < -0.4 is 15.2 Å². The number of nitrogens with two attached hydrogens (primary N) is 1. The maximum atomic E-state index is 5.81. The molecule has 2 unspecified atom stereocenters. The van der Waals surface area contributed by atoms with Crippen molar-refractivity contribution in [2.24, 2.45) is 11.7 Å². The molecule has 0 spiro atoms. The summed E-state index contributed by atoms with van der Waals surface area (Å²) in [5.74, 6) is 2.37. The lowest BCUT2D eigenvalue weighted by Crippen LogP contribution is -2.43. The average Bonchev–Trinajstić information content (AvgIpc) is 2.89. The first-order chi connectivity index (χ1) is 9.26. The van der Waals surface area contributed by atoms with Crippen LogP contribution in [-0.4, -0.2) is 30.8 Å². The van der Waals surface area contributed by atoms with Crippen molar-refractivity contribution in [1.29, 1.82) is 0 Å². The number of benzene rings is 1. The lowest BCUT2D eigenvalue weighted by molar-refractivity contribution is 0.113. The summed E-state index contributed by atoms with van der Waals surface area (Å²) < 4.78 is 10.8. The summed E-state index contributed by atoms with van der Waals surface area (Å²) in [5.41, 5.74) is 7.10. The average molecular weight is 262 g/mol. The van der Waals surface area contributed by atoms with Gasteiger partial charge in [-0.1, -0.05) is 6.07 Å². The number of hydrogen-bond acceptors (Lipinski definition) is 4. The molecule has 1 aromatic rings. The number of likely N-dealkylation sites (tertiary alicyclic amines) is 1. The Hall–Kier alpha value is -1.26. The Bertz CT molecular complexity index is 450. The van der Waals surface area contributed by atoms with Crippen LogP contribution in [0.4, 0.5) is 0 Å². The van der Waals surface area contributed by atoms with Gasteiger partial charge >= 0.3 is 0 Å². The zero-order valence-corrected chi connectivity index (χ0v) is 11.5. The van der Waals surface area contributed by atoms with Gasteiger partial charge < -0.3 is 15.2 Å². The number of ether oxygens (including phenoxy) is 2. The summed E-state index contributed by atoms with van der Waals surface area (Å²) in [5, 5.41) is 0. The first-order valence-electron chi connectivity index (χ1n) is 7.09. The van der Waals surface area contributed by atoms with E-state index in [2.05, 4.69) is 24.0 Å². The predicted molar refractivity (Wildman–Crippen MR) is 74.2 cm³/mol. The van der Waals surface area contributed by atoms with Crippen LogP contribution in [0.15, 0.2) is 18.2 Å². The van der Waals surface area contributed by atoms with Crippen molar-refractivity contribution < 1.29 is 9.47 Å². The van der Waals surface area contributed by atoms with Crippen molar-refractivity contribution in [1.82, 2.24) is 4.90 Å². The summed E-state index contributed by atoms with van der Waals surface area (Å²) in [6.45, 7) is 5.51. The van der Waals surface area contributed by atoms with E-state index < -0.39 is 0 Å². The van der Waals surface area contributed by atoms with Crippen LogP contribution in [0, 0.1) is 5.92 Å². The third-order valence-corrected chi connectivity index (χ3v) is 4.26. The first kappa shape index (κ1) is 12.8. The second-order valence-corrected chi connectivity index (χ2v) is 5.65. The summed E-state index contributed by atoms with van der Waals surface area (Å²) in [7, 11) is 0. The Morgan fingerprint density at radius 3 is 2.95 bits per heavy atom. The molecular formula is C15H22N2O2. The highest BCUT2D eigenvalue weighted by molar-refractivity contribution is 5.44. The van der Waals surface area contributed by atoms with Crippen LogP contribution in [0.3, 0.4) is 0 Å². The van der Waals surface area contributed by atoms with E-state index in [1.165, 1.54) is 18.4 Å². The van der Waals surface area contributed by atoms with Gasteiger partial charge in [-0.05, 0) is 49.9 Å². The van der Waals surface area contributed by atoms with E-state index in [1.807, 2.05) is 6.07 Å². The van der Waals surface area contributed by atoms with Crippen molar-refractivity contribution in [3.63, 3.8) is 0 Å². The monoisotopic (exact) mass is 262 g/mol. The molecule has 2 atom stereocenters. The van der Waals surface area contributed by atoms with Crippen LogP contribution >= 0.6 is 0 Å². The van der Waals surface area contributed by atoms with E-state index in [0.29, 0.717) is 18.8 Å². The summed E-state index contributed by atoms with van der Waals surface area (Å²) >= 11 is 0. The van der Waals surface area contributed by atoms with Gasteiger partial charge in [-0.3, -0.25) is 4.90 Å². The molecule has 0 bridgehead atoms. The molecule has 1 saturated heterocycles. The number of hydrogen-bond donors (Lipinski definition) is 1. The van der Waals surface area contributed by atoms with E-state index in [9.17, 15) is 0 Å². The maximum Gasteiger partial charge on any atom is 0.231 e. The summed E-state index contributed by atoms with van der Waals surface area (Å²) in [6.07, 6.45) is 2.50. The molecule has 19 heavy (non-hydrogen) atoms. The van der Waals surface area contributed by atoms with Crippen molar-refractivity contribution in [2.75, 3.05) is 19.9 Å². The zero-order chi connectivity index (χ0) is 13.2. The van der Waals surface area contributed by atoms with Gasteiger partial charge in [-0.25, -0.2) is 0 Å². The zero-order valence-electron chi connectivity index (χ0n) is 11.5. The third-order valence-electron chi connectivity index (χ3n) is 4.26. The third kappa shape index (κ3) is 2.69. The molecular weight excluding hydrogens is 240 g/mol. The normalized spacial score (nSPS) is 26.6. The number of nitrogens with zero attached hydrogens (tertiary/aromatic N) is 1. The van der Waals surface area contributed by atoms with Gasteiger partial charge in [0.1, 0.15) is 0 Å². The fourth-order valence-corrected chi connectivity index (χ4v) is 2.95. The molecule has 3 rings (SSSR count). The van der Waals surface area contributed by atoms with E-state index in [4.69, 9.17) is 15.2 Å². The number of piperidine rings is 1. The van der Waals surface area contributed by atoms with Crippen molar-refractivity contribution >= 4 is 0 Å². The largest absolute Gasteiger partial charge is 0.454 e. The molecule has 0 aliphatic carbocycles. The fourth-order valence-electron chi connectivity index (χ4n) is 2.95. The molecule has 2 heterocycles. The Kier molecular flexibility index (Phi) is 3.62. The van der Waals surface area contributed by atoms with Gasteiger partial charge in [0, 0.05) is 19.1 Å². The smallest absolute Gasteiger partial charge is 0.231 e. The van der Waals surface area contributed by atoms with E-state index in [1.54, 1.807) is 0 Å². The molecule has 0 saturated carbocycles. The Labute approximate surface area is 114 Å². The predicted octanol–water partition coefficient (Wildman–Crippen LogP) is 1.97. The molecule has 0 amide bonds. The van der Waals surface area contributed by atoms with Crippen LogP contribution in [0.1, 0.15) is 25.3 Å². The molecule has 4 nitrogen and oxygen atoms in total. The van der Waals surface area contributed by atoms with Crippen LogP contribution in [0.2, 0.25) is 0 Å². The lowest BCUT2D eigenvalue weighted by atomic mass is 9.93. The molecule has 1 fully saturated rings. The topological polar surface area (TPSA) is 47.7 Å². The van der Waals surface area contributed by atoms with Crippen LogP contribution in [0.5, 0.6) is 11.5 Å². The van der Waals surface area contributed by atoms with Crippen molar-refractivity contribution in [3.8, 4) is 11.5 Å². The van der Waals surface area contributed by atoms with Gasteiger partial charge in [-0.2, -0.15) is 0 Å². The maximum absolute atomic E-state index is 5.81.